The molecule has 0 unspecified atom stereocenters. The molecule has 172 valence electrons. The summed E-state index contributed by atoms with van der Waals surface area (Å²) in [6.45, 7) is 9.39. The molecule has 1 aromatic heterocycles. The van der Waals surface area contributed by atoms with Gasteiger partial charge in [-0.15, -0.1) is 0 Å². The first-order valence-electron chi connectivity index (χ1n) is 11.6. The number of ether oxygens (including phenoxy) is 1. The zero-order valence-corrected chi connectivity index (χ0v) is 18.9. The van der Waals surface area contributed by atoms with Crippen LogP contribution >= 0.6 is 0 Å². The Morgan fingerprint density at radius 2 is 1.90 bits per heavy atom. The molecule has 2 amide bonds. The number of nitrogens with zero attached hydrogens (tertiary/aromatic N) is 5. The molecule has 2 saturated heterocycles. The second-order valence-electron chi connectivity index (χ2n) is 8.25. The Bertz CT molecular complexity index is 723. The highest BCUT2D eigenvalue weighted by atomic mass is 16.6. The van der Waals surface area contributed by atoms with E-state index in [-0.39, 0.29) is 12.0 Å². The van der Waals surface area contributed by atoms with E-state index in [1.54, 1.807) is 18.2 Å². The van der Waals surface area contributed by atoms with Gasteiger partial charge in [0.15, 0.2) is 0 Å². The summed E-state index contributed by atoms with van der Waals surface area (Å²) < 4.78 is 5.04. The van der Waals surface area contributed by atoms with Crippen LogP contribution in [-0.2, 0) is 9.53 Å². The van der Waals surface area contributed by atoms with Gasteiger partial charge in [-0.2, -0.15) is 0 Å². The summed E-state index contributed by atoms with van der Waals surface area (Å²) in [7, 11) is 0. The lowest BCUT2D eigenvalue weighted by Crippen LogP contribution is -2.50. The SMILES string of the molecule is CCCNc1cc(N2CCC[C@@H](CCC(=O)N3CCN(C(=O)OCC)CC3)C2)ncn1. The van der Waals surface area contributed by atoms with E-state index in [2.05, 4.69) is 27.1 Å². The number of piperidine rings is 1. The highest BCUT2D eigenvalue weighted by Gasteiger charge is 2.26. The first-order chi connectivity index (χ1) is 15.1. The molecule has 1 atom stereocenters. The second-order valence-corrected chi connectivity index (χ2v) is 8.25. The number of piperazine rings is 1. The van der Waals surface area contributed by atoms with E-state index in [9.17, 15) is 9.59 Å². The normalized spacial score (nSPS) is 19.3. The van der Waals surface area contributed by atoms with Crippen LogP contribution in [0.25, 0.3) is 0 Å². The van der Waals surface area contributed by atoms with Crippen molar-refractivity contribution in [3.63, 3.8) is 0 Å². The molecule has 9 heteroatoms. The van der Waals surface area contributed by atoms with Crippen molar-refractivity contribution < 1.29 is 14.3 Å². The van der Waals surface area contributed by atoms with Gasteiger partial charge in [0.25, 0.3) is 0 Å². The molecule has 0 bridgehead atoms. The van der Waals surface area contributed by atoms with Gasteiger partial charge in [-0.25, -0.2) is 14.8 Å². The minimum atomic E-state index is -0.283. The van der Waals surface area contributed by atoms with Crippen molar-refractivity contribution in [3.8, 4) is 0 Å². The average molecular weight is 433 g/mol. The molecule has 1 N–H and O–H groups in total. The second kappa shape index (κ2) is 11.7. The summed E-state index contributed by atoms with van der Waals surface area (Å²) in [6, 6.07) is 2.02. The van der Waals surface area contributed by atoms with E-state index in [1.807, 2.05) is 11.0 Å². The van der Waals surface area contributed by atoms with Gasteiger partial charge in [0.2, 0.25) is 5.91 Å². The summed E-state index contributed by atoms with van der Waals surface area (Å²) in [5.74, 6) is 2.50. The lowest BCUT2D eigenvalue weighted by molar-refractivity contribution is -0.133. The van der Waals surface area contributed by atoms with Crippen molar-refractivity contribution in [2.75, 3.05) is 62.6 Å². The molecule has 2 aliphatic rings. The lowest BCUT2D eigenvalue weighted by atomic mass is 9.93. The fourth-order valence-electron chi connectivity index (χ4n) is 4.22. The molecule has 0 aliphatic carbocycles. The number of hydrogen-bond donors (Lipinski definition) is 1. The lowest BCUT2D eigenvalue weighted by Gasteiger charge is -2.35. The van der Waals surface area contributed by atoms with Gasteiger partial charge in [-0.05, 0) is 38.5 Å². The van der Waals surface area contributed by atoms with E-state index < -0.39 is 0 Å². The Morgan fingerprint density at radius 3 is 2.65 bits per heavy atom. The van der Waals surface area contributed by atoms with Crippen molar-refractivity contribution in [1.29, 1.82) is 0 Å². The van der Waals surface area contributed by atoms with Crippen LogP contribution in [-0.4, -0.2) is 84.2 Å². The number of amides is 2. The number of aromatic nitrogens is 2. The van der Waals surface area contributed by atoms with E-state index in [0.717, 1.165) is 57.0 Å². The fraction of sp³-hybridized carbons (Fsp3) is 0.727. The van der Waals surface area contributed by atoms with Crippen LogP contribution in [0.2, 0.25) is 0 Å². The van der Waals surface area contributed by atoms with E-state index in [4.69, 9.17) is 4.74 Å². The minimum absolute atomic E-state index is 0.189. The molecule has 2 fully saturated rings. The zero-order chi connectivity index (χ0) is 22.1. The molecule has 0 spiro atoms. The Hall–Kier alpha value is -2.58. The monoisotopic (exact) mass is 432 g/mol. The predicted octanol–water partition coefficient (Wildman–Crippen LogP) is 2.60. The summed E-state index contributed by atoms with van der Waals surface area (Å²) in [4.78, 5) is 39.1. The fourth-order valence-corrected chi connectivity index (χ4v) is 4.22. The largest absolute Gasteiger partial charge is 0.450 e. The Labute approximate surface area is 185 Å². The number of nitrogens with one attached hydrogen (secondary N) is 1. The topological polar surface area (TPSA) is 90.9 Å². The summed E-state index contributed by atoms with van der Waals surface area (Å²) in [6.07, 6.45) is 6.10. The van der Waals surface area contributed by atoms with Crippen LogP contribution in [0.1, 0.15) is 46.0 Å². The number of anilines is 2. The van der Waals surface area contributed by atoms with Gasteiger partial charge >= 0.3 is 6.09 Å². The molecule has 3 rings (SSSR count). The van der Waals surface area contributed by atoms with Gasteiger partial charge in [-0.1, -0.05) is 6.92 Å². The quantitative estimate of drug-likeness (QED) is 0.675. The number of rotatable bonds is 8. The molecule has 1 aromatic rings. The first kappa shape index (κ1) is 23.1. The maximum absolute atomic E-state index is 12.7. The maximum atomic E-state index is 12.7. The van der Waals surface area contributed by atoms with Gasteiger partial charge in [0.05, 0.1) is 6.61 Å². The third-order valence-corrected chi connectivity index (χ3v) is 5.98. The molecule has 31 heavy (non-hydrogen) atoms. The molecular formula is C22H36N6O3. The van der Waals surface area contributed by atoms with Gasteiger partial charge in [0, 0.05) is 58.3 Å². The standard InChI is InChI=1S/C22H36N6O3/c1-3-9-23-19-15-20(25-17-24-19)28-10-5-6-18(16-28)7-8-21(29)26-11-13-27(14-12-26)22(30)31-4-2/h15,17-18H,3-14,16H2,1-2H3,(H,23,24,25)/t18-/m0/s1. The van der Waals surface area contributed by atoms with Crippen LogP contribution in [0, 0.1) is 5.92 Å². The van der Waals surface area contributed by atoms with Crippen molar-refractivity contribution in [2.45, 2.75) is 46.0 Å². The zero-order valence-electron chi connectivity index (χ0n) is 18.9. The molecule has 2 aliphatic heterocycles. The van der Waals surface area contributed by atoms with Crippen LogP contribution in [0.3, 0.4) is 0 Å². The van der Waals surface area contributed by atoms with Crippen LogP contribution < -0.4 is 10.2 Å². The summed E-state index contributed by atoms with van der Waals surface area (Å²) >= 11 is 0. The van der Waals surface area contributed by atoms with E-state index >= 15 is 0 Å². The van der Waals surface area contributed by atoms with Crippen molar-refractivity contribution in [3.05, 3.63) is 12.4 Å². The molecular weight excluding hydrogens is 396 g/mol. The van der Waals surface area contributed by atoms with Crippen molar-refractivity contribution in [1.82, 2.24) is 19.8 Å². The molecule has 9 nitrogen and oxygen atoms in total. The average Bonchev–Trinajstić information content (AvgIpc) is 2.82. The summed E-state index contributed by atoms with van der Waals surface area (Å²) in [5.41, 5.74) is 0. The number of carbonyl (C=O) groups is 2. The Balaban J connectivity index is 1.44. The van der Waals surface area contributed by atoms with E-state index in [1.165, 1.54) is 0 Å². The third-order valence-electron chi connectivity index (χ3n) is 5.98. The third kappa shape index (κ3) is 6.70. The van der Waals surface area contributed by atoms with Crippen LogP contribution in [0.5, 0.6) is 0 Å². The van der Waals surface area contributed by atoms with E-state index in [0.29, 0.717) is 45.1 Å². The first-order valence-corrected chi connectivity index (χ1v) is 11.6. The van der Waals surface area contributed by atoms with Gasteiger partial charge in [0.1, 0.15) is 18.0 Å². The molecule has 3 heterocycles. The summed E-state index contributed by atoms with van der Waals surface area (Å²) in [5, 5.41) is 3.32. The predicted molar refractivity (Wildman–Crippen MR) is 120 cm³/mol. The minimum Gasteiger partial charge on any atom is -0.450 e. The molecule has 0 aromatic carbocycles. The van der Waals surface area contributed by atoms with Gasteiger partial charge in [-0.3, -0.25) is 4.79 Å². The molecule has 0 saturated carbocycles. The highest BCUT2D eigenvalue weighted by Crippen LogP contribution is 2.26. The highest BCUT2D eigenvalue weighted by molar-refractivity contribution is 5.76. The number of carbonyl (C=O) groups excluding carboxylic acids is 2. The van der Waals surface area contributed by atoms with Crippen molar-refractivity contribution >= 4 is 23.6 Å². The number of hydrogen-bond acceptors (Lipinski definition) is 7. The van der Waals surface area contributed by atoms with Gasteiger partial charge < -0.3 is 24.8 Å². The van der Waals surface area contributed by atoms with Crippen molar-refractivity contribution in [2.24, 2.45) is 5.92 Å². The maximum Gasteiger partial charge on any atom is 0.409 e. The molecule has 0 radical (unpaired) electrons. The Kier molecular flexibility index (Phi) is 8.73. The van der Waals surface area contributed by atoms with Crippen LogP contribution in [0.15, 0.2) is 12.4 Å². The smallest absolute Gasteiger partial charge is 0.409 e. The van der Waals surface area contributed by atoms with Crippen LogP contribution in [0.4, 0.5) is 16.4 Å². The Morgan fingerprint density at radius 1 is 1.13 bits per heavy atom.